The van der Waals surface area contributed by atoms with Crippen LogP contribution in [0.5, 0.6) is 6.01 Å². The first-order valence-electron chi connectivity index (χ1n) is 14.6. The maximum atomic E-state index is 9.30. The SMILES string of the molecule is N#CC[C@H]1CN(c2nc(OCC34CCCN3CCC4)nc3c2COC(c2cccc4cccc(Cl)c24)C3)CCN1. The Hall–Kier alpha value is -2.96. The zero-order valence-electron chi connectivity index (χ0n) is 22.7. The first-order valence-corrected chi connectivity index (χ1v) is 14.9. The number of ether oxygens (including phenoxy) is 2. The van der Waals surface area contributed by atoms with Crippen molar-refractivity contribution in [2.45, 2.75) is 62.8 Å². The molecule has 0 aliphatic carbocycles. The number of anilines is 1. The van der Waals surface area contributed by atoms with Gasteiger partial charge in [-0.05, 0) is 55.8 Å². The molecule has 40 heavy (non-hydrogen) atoms. The minimum Gasteiger partial charge on any atom is -0.461 e. The average Bonchev–Trinajstić information content (AvgIpc) is 3.56. The van der Waals surface area contributed by atoms with E-state index in [1.54, 1.807) is 0 Å². The van der Waals surface area contributed by atoms with Gasteiger partial charge in [0, 0.05) is 48.1 Å². The molecule has 0 spiro atoms. The second-order valence-corrected chi connectivity index (χ2v) is 12.0. The molecule has 4 aliphatic rings. The molecule has 4 aliphatic heterocycles. The molecule has 0 bridgehead atoms. The van der Waals surface area contributed by atoms with Gasteiger partial charge in [-0.15, -0.1) is 0 Å². The number of nitriles is 1. The summed E-state index contributed by atoms with van der Waals surface area (Å²) in [5, 5.41) is 15.6. The second kappa shape index (κ2) is 10.8. The zero-order chi connectivity index (χ0) is 27.1. The van der Waals surface area contributed by atoms with Crippen LogP contribution < -0.4 is 15.0 Å². The summed E-state index contributed by atoms with van der Waals surface area (Å²) in [6.07, 6.45) is 5.73. The first-order chi connectivity index (χ1) is 19.6. The number of nitrogens with one attached hydrogen (secondary N) is 1. The number of piperazine rings is 1. The number of hydrogen-bond donors (Lipinski definition) is 1. The molecule has 208 valence electrons. The summed E-state index contributed by atoms with van der Waals surface area (Å²) in [4.78, 5) is 14.9. The summed E-state index contributed by atoms with van der Waals surface area (Å²) in [7, 11) is 0. The Bertz CT molecular complexity index is 1440. The Morgan fingerprint density at radius 2 is 1.95 bits per heavy atom. The smallest absolute Gasteiger partial charge is 0.318 e. The minimum atomic E-state index is -0.167. The fourth-order valence-corrected chi connectivity index (χ4v) is 7.56. The molecule has 2 aromatic carbocycles. The van der Waals surface area contributed by atoms with Gasteiger partial charge in [0.05, 0.1) is 36.4 Å². The quantitative estimate of drug-likeness (QED) is 0.462. The highest BCUT2D eigenvalue weighted by atomic mass is 35.5. The first kappa shape index (κ1) is 26.0. The molecule has 0 amide bonds. The molecule has 7 rings (SSSR count). The monoisotopic (exact) mass is 558 g/mol. The third-order valence-electron chi connectivity index (χ3n) is 9.26. The van der Waals surface area contributed by atoms with Gasteiger partial charge in [-0.3, -0.25) is 4.90 Å². The highest BCUT2D eigenvalue weighted by Crippen LogP contribution is 2.41. The van der Waals surface area contributed by atoms with Crippen LogP contribution in [0.3, 0.4) is 0 Å². The average molecular weight is 559 g/mol. The van der Waals surface area contributed by atoms with Gasteiger partial charge in [-0.1, -0.05) is 41.9 Å². The summed E-state index contributed by atoms with van der Waals surface area (Å²) < 4.78 is 13.0. The topological polar surface area (TPSA) is 86.5 Å². The fraction of sp³-hybridized carbons (Fsp3) is 0.516. The van der Waals surface area contributed by atoms with E-state index in [1.165, 1.54) is 25.7 Å². The predicted molar refractivity (Wildman–Crippen MR) is 155 cm³/mol. The summed E-state index contributed by atoms with van der Waals surface area (Å²) in [6, 6.07) is 15.1. The van der Waals surface area contributed by atoms with E-state index in [0.717, 1.165) is 71.2 Å². The van der Waals surface area contributed by atoms with E-state index in [4.69, 9.17) is 31.0 Å². The largest absolute Gasteiger partial charge is 0.461 e. The van der Waals surface area contributed by atoms with Crippen molar-refractivity contribution in [1.82, 2.24) is 20.2 Å². The van der Waals surface area contributed by atoms with Crippen LogP contribution in [-0.2, 0) is 17.8 Å². The number of nitrogens with zero attached hydrogens (tertiary/aromatic N) is 5. The van der Waals surface area contributed by atoms with Gasteiger partial charge in [0.2, 0.25) is 0 Å². The minimum absolute atomic E-state index is 0.105. The van der Waals surface area contributed by atoms with Crippen molar-refractivity contribution < 1.29 is 9.47 Å². The van der Waals surface area contributed by atoms with Crippen molar-refractivity contribution in [1.29, 1.82) is 5.26 Å². The third kappa shape index (κ3) is 4.69. The Morgan fingerprint density at radius 3 is 2.77 bits per heavy atom. The van der Waals surface area contributed by atoms with E-state index in [2.05, 4.69) is 45.5 Å². The van der Waals surface area contributed by atoms with E-state index in [9.17, 15) is 5.26 Å². The molecule has 5 heterocycles. The lowest BCUT2D eigenvalue weighted by atomic mass is 9.94. The standard InChI is InChI=1S/C31H35ClN6O2/c32-25-8-2-6-21-5-1-7-23(28(21)25)27-17-26-24(19-39-27)29(37-16-13-34-22(18-37)9-12-33)36-30(35-26)40-20-31-10-3-14-38(31)15-4-11-31/h1-2,5-8,22,27,34H,3-4,9-11,13-20H2/t22-,27?/m0/s1. The van der Waals surface area contributed by atoms with E-state index in [0.29, 0.717) is 32.1 Å². The lowest BCUT2D eigenvalue weighted by Gasteiger charge is -2.36. The van der Waals surface area contributed by atoms with E-state index in [1.807, 2.05) is 12.1 Å². The van der Waals surface area contributed by atoms with Crippen molar-refractivity contribution in [3.8, 4) is 12.1 Å². The van der Waals surface area contributed by atoms with Crippen LogP contribution in [0.15, 0.2) is 36.4 Å². The number of halogens is 1. The van der Waals surface area contributed by atoms with Crippen LogP contribution in [-0.4, -0.2) is 65.8 Å². The van der Waals surface area contributed by atoms with Crippen LogP contribution in [0, 0.1) is 11.3 Å². The van der Waals surface area contributed by atoms with E-state index in [-0.39, 0.29) is 17.7 Å². The van der Waals surface area contributed by atoms with Crippen LogP contribution in [0.2, 0.25) is 5.02 Å². The lowest BCUT2D eigenvalue weighted by molar-refractivity contribution is 0.0263. The molecule has 3 fully saturated rings. The van der Waals surface area contributed by atoms with Crippen molar-refractivity contribution in [2.75, 3.05) is 44.2 Å². The highest BCUT2D eigenvalue weighted by molar-refractivity contribution is 6.35. The van der Waals surface area contributed by atoms with Crippen molar-refractivity contribution in [2.24, 2.45) is 0 Å². The van der Waals surface area contributed by atoms with Gasteiger partial charge >= 0.3 is 6.01 Å². The van der Waals surface area contributed by atoms with Crippen LogP contribution in [0.25, 0.3) is 10.8 Å². The van der Waals surface area contributed by atoms with Gasteiger partial charge < -0.3 is 19.7 Å². The van der Waals surface area contributed by atoms with Crippen LogP contribution in [0.1, 0.15) is 55.0 Å². The second-order valence-electron chi connectivity index (χ2n) is 11.6. The molecule has 1 N–H and O–H groups in total. The van der Waals surface area contributed by atoms with Gasteiger partial charge in [0.1, 0.15) is 12.4 Å². The molecule has 1 unspecified atom stereocenters. The molecule has 8 nitrogen and oxygen atoms in total. The maximum Gasteiger partial charge on any atom is 0.318 e. The number of fused-ring (bicyclic) bond motifs is 3. The summed E-state index contributed by atoms with van der Waals surface area (Å²) in [6.45, 7) is 5.70. The molecule has 3 saturated heterocycles. The van der Waals surface area contributed by atoms with Crippen LogP contribution in [0.4, 0.5) is 5.82 Å². The van der Waals surface area contributed by atoms with Crippen molar-refractivity contribution >= 4 is 28.2 Å². The van der Waals surface area contributed by atoms with Gasteiger partial charge in [-0.2, -0.15) is 15.2 Å². The Kier molecular flexibility index (Phi) is 7.01. The normalized spacial score (nSPS) is 24.1. The number of hydrogen-bond acceptors (Lipinski definition) is 8. The lowest BCUT2D eigenvalue weighted by Crippen LogP contribution is -2.51. The van der Waals surface area contributed by atoms with Crippen molar-refractivity contribution in [3.05, 3.63) is 58.2 Å². The Labute approximate surface area is 240 Å². The maximum absolute atomic E-state index is 9.30. The molecule has 3 aromatic rings. The van der Waals surface area contributed by atoms with Gasteiger partial charge in [0.25, 0.3) is 0 Å². The molecular formula is C31H35ClN6O2. The van der Waals surface area contributed by atoms with E-state index >= 15 is 0 Å². The zero-order valence-corrected chi connectivity index (χ0v) is 23.5. The summed E-state index contributed by atoms with van der Waals surface area (Å²) in [5.41, 5.74) is 3.20. The molecular weight excluding hydrogens is 524 g/mol. The number of aromatic nitrogens is 2. The van der Waals surface area contributed by atoms with Gasteiger partial charge in [-0.25, -0.2) is 0 Å². The number of rotatable bonds is 6. The Balaban J connectivity index is 1.23. The van der Waals surface area contributed by atoms with Crippen molar-refractivity contribution in [3.63, 3.8) is 0 Å². The molecule has 1 aromatic heterocycles. The predicted octanol–water partition coefficient (Wildman–Crippen LogP) is 4.80. The third-order valence-corrected chi connectivity index (χ3v) is 9.58. The number of benzene rings is 2. The molecule has 0 saturated carbocycles. The summed E-state index contributed by atoms with van der Waals surface area (Å²) >= 11 is 6.68. The Morgan fingerprint density at radius 1 is 1.12 bits per heavy atom. The highest BCUT2D eigenvalue weighted by Gasteiger charge is 2.45. The summed E-state index contributed by atoms with van der Waals surface area (Å²) in [5.74, 6) is 0.881. The fourth-order valence-electron chi connectivity index (χ4n) is 7.27. The molecule has 2 atom stereocenters. The molecule has 0 radical (unpaired) electrons. The van der Waals surface area contributed by atoms with Crippen LogP contribution >= 0.6 is 11.6 Å². The van der Waals surface area contributed by atoms with Gasteiger partial charge in [0.15, 0.2) is 0 Å². The molecule has 9 heteroatoms. The van der Waals surface area contributed by atoms with E-state index < -0.39 is 0 Å².